The summed E-state index contributed by atoms with van der Waals surface area (Å²) in [5.41, 5.74) is 3.69. The highest BCUT2D eigenvalue weighted by molar-refractivity contribution is 6.30. The Morgan fingerprint density at radius 1 is 1.18 bits per heavy atom. The average Bonchev–Trinajstić information content (AvgIpc) is 3.10. The van der Waals surface area contributed by atoms with Gasteiger partial charge in [0, 0.05) is 10.4 Å². The number of fused-ring (bicyclic) bond motifs is 1. The van der Waals surface area contributed by atoms with Crippen LogP contribution in [0.25, 0.3) is 11.8 Å². The maximum atomic E-state index is 13.2. The molecule has 3 nitrogen and oxygen atoms in total. The van der Waals surface area contributed by atoms with Gasteiger partial charge in [-0.05, 0) is 72.9 Å². The van der Waals surface area contributed by atoms with Crippen LogP contribution >= 0.6 is 11.6 Å². The number of benzene rings is 2. The van der Waals surface area contributed by atoms with Gasteiger partial charge in [0.15, 0.2) is 0 Å². The lowest BCUT2D eigenvalue weighted by molar-refractivity contribution is 0.0625. The monoisotopic (exact) mass is 396 g/mol. The maximum Gasteiger partial charge on any atom is 0.123 e. The predicted molar refractivity (Wildman–Crippen MR) is 110 cm³/mol. The Morgan fingerprint density at radius 3 is 2.61 bits per heavy atom. The van der Waals surface area contributed by atoms with E-state index in [1.807, 2.05) is 41.2 Å². The summed E-state index contributed by atoms with van der Waals surface area (Å²) in [4.78, 5) is 0. The summed E-state index contributed by atoms with van der Waals surface area (Å²) in [5, 5.41) is 16.1. The van der Waals surface area contributed by atoms with E-state index in [9.17, 15) is 9.50 Å². The molecule has 1 heterocycles. The van der Waals surface area contributed by atoms with E-state index in [0.29, 0.717) is 12.8 Å². The standard InChI is InChI=1S/C23H22ClFN2O/c1-23(22(28)11-4-16-2-5-18(24)6-3-16)13-12-21-17(14-23)15-26-27(21)20-9-7-19(25)8-10-20/h2-3,5-10,12-13,15,22,28H,4,11,14H2,1H3/t22-,23?/m0/s1. The fourth-order valence-electron chi connectivity index (χ4n) is 3.75. The van der Waals surface area contributed by atoms with Crippen LogP contribution in [0.2, 0.25) is 5.02 Å². The summed E-state index contributed by atoms with van der Waals surface area (Å²) in [6.07, 6.45) is 7.63. The first-order valence-electron chi connectivity index (χ1n) is 9.39. The Balaban J connectivity index is 1.49. The van der Waals surface area contributed by atoms with Crippen molar-refractivity contribution in [1.29, 1.82) is 0 Å². The van der Waals surface area contributed by atoms with Gasteiger partial charge >= 0.3 is 0 Å². The van der Waals surface area contributed by atoms with Gasteiger partial charge in [0.05, 0.1) is 23.7 Å². The first-order chi connectivity index (χ1) is 13.4. The topological polar surface area (TPSA) is 38.1 Å². The van der Waals surface area contributed by atoms with E-state index in [1.54, 1.807) is 12.1 Å². The van der Waals surface area contributed by atoms with E-state index >= 15 is 0 Å². The summed E-state index contributed by atoms with van der Waals surface area (Å²) in [5.74, 6) is -0.267. The lowest BCUT2D eigenvalue weighted by Gasteiger charge is -2.34. The van der Waals surface area contributed by atoms with Gasteiger partial charge < -0.3 is 5.11 Å². The first kappa shape index (κ1) is 18.9. The van der Waals surface area contributed by atoms with Crippen molar-refractivity contribution in [1.82, 2.24) is 9.78 Å². The number of nitrogens with zero attached hydrogens (tertiary/aromatic N) is 2. The highest BCUT2D eigenvalue weighted by Crippen LogP contribution is 2.37. The number of aliphatic hydroxyl groups is 1. The smallest absolute Gasteiger partial charge is 0.123 e. The molecule has 0 amide bonds. The summed E-state index contributed by atoms with van der Waals surface area (Å²) < 4.78 is 15.0. The molecule has 0 aliphatic heterocycles. The van der Waals surface area contributed by atoms with E-state index in [4.69, 9.17) is 11.6 Å². The molecule has 0 radical (unpaired) electrons. The predicted octanol–water partition coefficient (Wildman–Crippen LogP) is 5.23. The van der Waals surface area contributed by atoms with Crippen LogP contribution in [-0.4, -0.2) is 21.0 Å². The fraction of sp³-hybridized carbons (Fsp3) is 0.261. The van der Waals surface area contributed by atoms with Crippen molar-refractivity contribution >= 4 is 17.7 Å². The van der Waals surface area contributed by atoms with Gasteiger partial charge in [-0.25, -0.2) is 9.07 Å². The molecule has 1 aliphatic carbocycles. The molecule has 1 aliphatic rings. The Hall–Kier alpha value is -2.43. The minimum Gasteiger partial charge on any atom is -0.392 e. The number of rotatable bonds is 5. The second-order valence-corrected chi connectivity index (χ2v) is 8.08. The van der Waals surface area contributed by atoms with Gasteiger partial charge in [0.1, 0.15) is 5.82 Å². The van der Waals surface area contributed by atoms with Crippen LogP contribution in [0.15, 0.2) is 60.8 Å². The number of hydrogen-bond acceptors (Lipinski definition) is 2. The minimum absolute atomic E-state index is 0.267. The van der Waals surface area contributed by atoms with Crippen molar-refractivity contribution in [3.05, 3.63) is 88.5 Å². The van der Waals surface area contributed by atoms with E-state index in [2.05, 4.69) is 18.1 Å². The summed E-state index contributed by atoms with van der Waals surface area (Å²) in [6, 6.07) is 14.0. The third kappa shape index (κ3) is 3.75. The van der Waals surface area contributed by atoms with Crippen LogP contribution in [0.5, 0.6) is 0 Å². The summed E-state index contributed by atoms with van der Waals surface area (Å²) in [7, 11) is 0. The largest absolute Gasteiger partial charge is 0.392 e. The molecule has 0 fully saturated rings. The molecule has 1 aromatic heterocycles. The second kappa shape index (κ2) is 7.53. The number of halogens is 2. The molecule has 5 heteroatoms. The minimum atomic E-state index is -0.471. The quantitative estimate of drug-likeness (QED) is 0.640. The van der Waals surface area contributed by atoms with Crippen molar-refractivity contribution in [2.75, 3.05) is 0 Å². The van der Waals surface area contributed by atoms with Crippen molar-refractivity contribution in [2.45, 2.75) is 32.3 Å². The van der Waals surface area contributed by atoms with Crippen LogP contribution in [0.4, 0.5) is 4.39 Å². The van der Waals surface area contributed by atoms with Crippen LogP contribution < -0.4 is 0 Å². The molecule has 0 saturated carbocycles. The van der Waals surface area contributed by atoms with E-state index in [0.717, 1.165) is 34.0 Å². The first-order valence-corrected chi connectivity index (χ1v) is 9.77. The normalized spacial score (nSPS) is 19.4. The van der Waals surface area contributed by atoms with Crippen LogP contribution in [0.1, 0.15) is 30.2 Å². The highest BCUT2D eigenvalue weighted by Gasteiger charge is 2.34. The summed E-state index contributed by atoms with van der Waals surface area (Å²) >= 11 is 5.94. The fourth-order valence-corrected chi connectivity index (χ4v) is 3.87. The lowest BCUT2D eigenvalue weighted by atomic mass is 9.74. The molecule has 0 spiro atoms. The van der Waals surface area contributed by atoms with Gasteiger partial charge in [-0.2, -0.15) is 5.10 Å². The van der Waals surface area contributed by atoms with Gasteiger partial charge in [-0.3, -0.25) is 0 Å². The zero-order valence-electron chi connectivity index (χ0n) is 15.6. The molecular weight excluding hydrogens is 375 g/mol. The Morgan fingerprint density at radius 2 is 1.89 bits per heavy atom. The van der Waals surface area contributed by atoms with E-state index in [-0.39, 0.29) is 11.2 Å². The molecule has 1 unspecified atom stereocenters. The molecule has 0 bridgehead atoms. The zero-order valence-corrected chi connectivity index (χ0v) is 16.4. The number of aromatic nitrogens is 2. The van der Waals surface area contributed by atoms with Gasteiger partial charge in [-0.15, -0.1) is 0 Å². The highest BCUT2D eigenvalue weighted by atomic mass is 35.5. The SMILES string of the molecule is CC1([C@@H](O)CCc2ccc(Cl)cc2)C=Cc2c(cnn2-c2ccc(F)cc2)C1. The lowest BCUT2D eigenvalue weighted by Crippen LogP contribution is -2.34. The van der Waals surface area contributed by atoms with Crippen molar-refractivity contribution in [3.63, 3.8) is 0 Å². The number of aryl methyl sites for hydroxylation is 1. The maximum absolute atomic E-state index is 13.2. The third-order valence-corrected chi connectivity index (χ3v) is 5.78. The van der Waals surface area contributed by atoms with Gasteiger partial charge in [0.2, 0.25) is 0 Å². The summed E-state index contributed by atoms with van der Waals surface area (Å²) in [6.45, 7) is 2.08. The molecule has 0 saturated heterocycles. The van der Waals surface area contributed by atoms with Crippen LogP contribution in [0.3, 0.4) is 0 Å². The second-order valence-electron chi connectivity index (χ2n) is 7.64. The van der Waals surface area contributed by atoms with Crippen LogP contribution in [-0.2, 0) is 12.8 Å². The molecule has 28 heavy (non-hydrogen) atoms. The third-order valence-electron chi connectivity index (χ3n) is 5.53. The molecule has 1 N–H and O–H groups in total. The number of hydrogen-bond donors (Lipinski definition) is 1. The van der Waals surface area contributed by atoms with E-state index < -0.39 is 6.10 Å². The number of aliphatic hydroxyl groups excluding tert-OH is 1. The molecule has 3 aromatic rings. The Labute approximate surface area is 169 Å². The van der Waals surface area contributed by atoms with Crippen molar-refractivity contribution in [2.24, 2.45) is 5.41 Å². The van der Waals surface area contributed by atoms with Gasteiger partial charge in [0.25, 0.3) is 0 Å². The van der Waals surface area contributed by atoms with E-state index in [1.165, 1.54) is 12.1 Å². The molecule has 2 atom stereocenters. The van der Waals surface area contributed by atoms with Gasteiger partial charge in [-0.1, -0.05) is 36.7 Å². The van der Waals surface area contributed by atoms with Crippen LogP contribution in [0, 0.1) is 11.2 Å². The average molecular weight is 397 g/mol. The zero-order chi connectivity index (χ0) is 19.7. The van der Waals surface area contributed by atoms with Crippen molar-refractivity contribution in [3.8, 4) is 5.69 Å². The molecule has 144 valence electrons. The Bertz CT molecular complexity index is 994. The molecular formula is C23H22ClFN2O. The molecule has 2 aromatic carbocycles. The molecule has 4 rings (SSSR count). The Kier molecular flexibility index (Phi) is 5.09. The van der Waals surface area contributed by atoms with Crippen molar-refractivity contribution < 1.29 is 9.50 Å².